The number of fused-ring (bicyclic) bond motifs is 2. The molecule has 3 aliphatic rings. The van der Waals surface area contributed by atoms with E-state index in [1.807, 2.05) is 110 Å². The SMILES string of the molecule is Cc1ncsc1-c1ccc(CNC(=O)[C@@H]2C[C@@H](O)CN2C(=O)C(C(C)C)N2Cc3ccccc3C2=O)c(OCCOCC(=O)N2CCC(n3nc(-c4ccc(Oc5ccccc5)cc4)c4c(N)ncnc43)CC2)c1. The summed E-state index contributed by atoms with van der Waals surface area (Å²) >= 11 is 1.51. The Morgan fingerprint density at radius 2 is 1.65 bits per heavy atom. The van der Waals surface area contributed by atoms with Gasteiger partial charge < -0.3 is 45.1 Å². The Morgan fingerprint density at radius 1 is 0.905 bits per heavy atom. The lowest BCUT2D eigenvalue weighted by molar-refractivity contribution is -0.143. The van der Waals surface area contributed by atoms with E-state index < -0.39 is 24.1 Å². The molecule has 3 atom stereocenters. The van der Waals surface area contributed by atoms with Crippen LogP contribution in [0.1, 0.15) is 66.3 Å². The predicted molar refractivity (Wildman–Crippen MR) is 278 cm³/mol. The van der Waals surface area contributed by atoms with Crippen molar-refractivity contribution < 1.29 is 38.5 Å². The Kier molecular flexibility index (Phi) is 14.7. The topological polar surface area (TPSA) is 220 Å². The van der Waals surface area contributed by atoms with Crippen molar-refractivity contribution >= 4 is 51.8 Å². The number of anilines is 1. The third-order valence-electron chi connectivity index (χ3n) is 14.0. The maximum atomic E-state index is 14.3. The molecule has 0 aliphatic carbocycles. The number of benzene rings is 4. The summed E-state index contributed by atoms with van der Waals surface area (Å²) in [6.07, 6.45) is 1.90. The van der Waals surface area contributed by atoms with E-state index in [-0.39, 0.29) is 69.0 Å². The number of likely N-dealkylation sites (tertiary alicyclic amines) is 2. The minimum atomic E-state index is -0.943. The second kappa shape index (κ2) is 21.8. The molecule has 7 aromatic rings. The number of aromatic nitrogens is 5. The molecule has 4 aromatic carbocycles. The largest absolute Gasteiger partial charge is 0.491 e. The molecule has 19 heteroatoms. The zero-order chi connectivity index (χ0) is 51.5. The van der Waals surface area contributed by atoms with Crippen LogP contribution in [0.25, 0.3) is 32.7 Å². The summed E-state index contributed by atoms with van der Waals surface area (Å²) in [6, 6.07) is 28.5. The molecular weight excluding hydrogens is 961 g/mol. The number of carbonyl (C=O) groups is 4. The quantitative estimate of drug-likeness (QED) is 0.0799. The number of carbonyl (C=O) groups excluding carboxylic acids is 4. The highest BCUT2D eigenvalue weighted by atomic mass is 32.1. The van der Waals surface area contributed by atoms with Gasteiger partial charge in [0.1, 0.15) is 60.4 Å². The Labute approximate surface area is 432 Å². The van der Waals surface area contributed by atoms with E-state index in [2.05, 4.69) is 20.3 Å². The normalized spacial score (nSPS) is 17.3. The maximum absolute atomic E-state index is 14.3. The van der Waals surface area contributed by atoms with Gasteiger partial charge in [-0.15, -0.1) is 11.3 Å². The molecule has 0 bridgehead atoms. The molecule has 4 amide bonds. The van der Waals surface area contributed by atoms with E-state index >= 15 is 0 Å². The van der Waals surface area contributed by atoms with Crippen LogP contribution in [-0.2, 0) is 32.2 Å². The first kappa shape index (κ1) is 49.8. The van der Waals surface area contributed by atoms with Gasteiger partial charge >= 0.3 is 0 Å². The number of thiazole rings is 1. The highest BCUT2D eigenvalue weighted by molar-refractivity contribution is 7.13. The van der Waals surface area contributed by atoms with Crippen LogP contribution < -0.4 is 20.5 Å². The first-order valence-electron chi connectivity index (χ1n) is 24.9. The van der Waals surface area contributed by atoms with E-state index in [0.29, 0.717) is 77.6 Å². The maximum Gasteiger partial charge on any atom is 0.255 e. The molecule has 74 heavy (non-hydrogen) atoms. The number of para-hydroxylation sites is 1. The number of nitrogens with one attached hydrogen (secondary N) is 1. The minimum Gasteiger partial charge on any atom is -0.491 e. The smallest absolute Gasteiger partial charge is 0.255 e. The monoisotopic (exact) mass is 1020 g/mol. The number of hydrogen-bond acceptors (Lipinski definition) is 14. The van der Waals surface area contributed by atoms with Crippen LogP contribution in [0.3, 0.4) is 0 Å². The summed E-state index contributed by atoms with van der Waals surface area (Å²) < 4.78 is 20.1. The molecule has 0 radical (unpaired) electrons. The highest BCUT2D eigenvalue weighted by Gasteiger charge is 2.46. The van der Waals surface area contributed by atoms with Gasteiger partial charge in [-0.3, -0.25) is 19.2 Å². The van der Waals surface area contributed by atoms with E-state index in [1.165, 1.54) is 22.6 Å². The summed E-state index contributed by atoms with van der Waals surface area (Å²) in [6.45, 7) is 7.16. The summed E-state index contributed by atoms with van der Waals surface area (Å²) in [5, 5.41) is 19.5. The average molecular weight is 1020 g/mol. The van der Waals surface area contributed by atoms with Crippen molar-refractivity contribution in [1.29, 1.82) is 0 Å². The van der Waals surface area contributed by atoms with Crippen molar-refractivity contribution in [3.63, 3.8) is 0 Å². The Balaban J connectivity index is 0.740. The molecule has 6 heterocycles. The predicted octanol–water partition coefficient (Wildman–Crippen LogP) is 6.82. The van der Waals surface area contributed by atoms with Crippen molar-refractivity contribution in [3.05, 3.63) is 131 Å². The molecular formula is C55H58N10O8S. The standard InChI is InChI=1S/C55H58N10O8S/c1-33(2)49(64-28-38-9-7-8-12-43(38)54(64)69)55(70)63-29-40(66)26-44(63)53(68)57-27-37-14-13-36(50-34(3)60-32-74-50)25-45(37)72-24-23-71-30-46(67)62-21-19-39(20-22-62)65-52-47(51(56)58-31-59-52)48(61-65)35-15-17-42(18-16-35)73-41-10-5-4-6-11-41/h4-18,25,31-33,39-40,44,49,66H,19-24,26-30H2,1-3H3,(H,57,68)(H2,56,58,59)/t40-,44+,49?/m1/s1. The minimum absolute atomic E-state index is 0.0220. The lowest BCUT2D eigenvalue weighted by atomic mass is 10.0. The summed E-state index contributed by atoms with van der Waals surface area (Å²) in [7, 11) is 0. The number of nitrogens with zero attached hydrogens (tertiary/aromatic N) is 8. The van der Waals surface area contributed by atoms with Gasteiger partial charge in [0.2, 0.25) is 17.7 Å². The van der Waals surface area contributed by atoms with Crippen LogP contribution in [0.2, 0.25) is 0 Å². The molecule has 2 fully saturated rings. The summed E-state index contributed by atoms with van der Waals surface area (Å²) in [5.41, 5.74) is 14.2. The Morgan fingerprint density at radius 3 is 2.39 bits per heavy atom. The van der Waals surface area contributed by atoms with Gasteiger partial charge in [-0.05, 0) is 85.3 Å². The number of aliphatic hydroxyl groups is 1. The Hall–Kier alpha value is -7.74. The van der Waals surface area contributed by atoms with Crippen molar-refractivity contribution in [2.24, 2.45) is 5.92 Å². The first-order chi connectivity index (χ1) is 35.9. The molecule has 1 unspecified atom stereocenters. The van der Waals surface area contributed by atoms with E-state index in [4.69, 9.17) is 25.0 Å². The van der Waals surface area contributed by atoms with Crippen LogP contribution in [-0.4, -0.2) is 126 Å². The van der Waals surface area contributed by atoms with Crippen molar-refractivity contribution in [3.8, 4) is 38.9 Å². The fourth-order valence-electron chi connectivity index (χ4n) is 10.2. The number of rotatable bonds is 17. The third-order valence-corrected chi connectivity index (χ3v) is 14.9. The van der Waals surface area contributed by atoms with Gasteiger partial charge in [0.15, 0.2) is 5.65 Å². The van der Waals surface area contributed by atoms with Crippen LogP contribution >= 0.6 is 11.3 Å². The molecule has 10 rings (SSSR count). The zero-order valence-electron chi connectivity index (χ0n) is 41.4. The van der Waals surface area contributed by atoms with Crippen molar-refractivity contribution in [1.82, 2.24) is 44.7 Å². The summed E-state index contributed by atoms with van der Waals surface area (Å²) in [5.74, 6) is 0.871. The van der Waals surface area contributed by atoms with Gasteiger partial charge in [0.05, 0.1) is 40.2 Å². The van der Waals surface area contributed by atoms with Gasteiger partial charge in [0.25, 0.3) is 5.91 Å². The average Bonchev–Trinajstić information content (AvgIpc) is 4.21. The second-order valence-corrected chi connectivity index (χ2v) is 20.0. The second-order valence-electron chi connectivity index (χ2n) is 19.2. The first-order valence-corrected chi connectivity index (χ1v) is 25.8. The molecule has 18 nitrogen and oxygen atoms in total. The van der Waals surface area contributed by atoms with E-state index in [9.17, 15) is 24.3 Å². The van der Waals surface area contributed by atoms with Gasteiger partial charge in [0, 0.05) is 55.8 Å². The number of ether oxygens (including phenoxy) is 3. The van der Waals surface area contributed by atoms with Crippen LogP contribution in [0.15, 0.2) is 109 Å². The summed E-state index contributed by atoms with van der Waals surface area (Å²) in [4.78, 5) is 74.3. The van der Waals surface area contributed by atoms with E-state index in [1.54, 1.807) is 27.4 Å². The van der Waals surface area contributed by atoms with Crippen LogP contribution in [0.5, 0.6) is 17.2 Å². The molecule has 3 aliphatic heterocycles. The number of piperidine rings is 1. The fourth-order valence-corrected chi connectivity index (χ4v) is 11.0. The molecule has 2 saturated heterocycles. The molecule has 0 saturated carbocycles. The number of amides is 4. The fraction of sp³-hybridized carbons (Fsp3) is 0.345. The number of nitrogens with two attached hydrogens (primary N) is 1. The zero-order valence-corrected chi connectivity index (χ0v) is 42.2. The Bertz CT molecular complexity index is 3170. The third kappa shape index (κ3) is 10.4. The molecule has 4 N–H and O–H groups in total. The molecule has 382 valence electrons. The number of aliphatic hydroxyl groups excluding tert-OH is 1. The number of aryl methyl sites for hydroxylation is 1. The van der Waals surface area contributed by atoms with Crippen molar-refractivity contribution in [2.75, 3.05) is 45.2 Å². The van der Waals surface area contributed by atoms with Gasteiger partial charge in [-0.25, -0.2) is 19.6 Å². The number of nitrogen functional groups attached to an aromatic ring is 1. The van der Waals surface area contributed by atoms with Crippen molar-refractivity contribution in [2.45, 2.75) is 77.4 Å². The number of β-amino-alcohol motifs (C(OH)–C–C–N with tert-alkyl or cyclic N) is 1. The molecule has 3 aromatic heterocycles. The van der Waals surface area contributed by atoms with E-state index in [0.717, 1.165) is 33.0 Å². The van der Waals surface area contributed by atoms with Crippen LogP contribution in [0, 0.1) is 12.8 Å². The lowest BCUT2D eigenvalue weighted by Crippen LogP contribution is -2.55. The molecule has 0 spiro atoms. The van der Waals surface area contributed by atoms with Gasteiger partial charge in [-0.1, -0.05) is 62.4 Å². The lowest BCUT2D eigenvalue weighted by Gasteiger charge is -2.35. The highest BCUT2D eigenvalue weighted by Crippen LogP contribution is 2.37. The van der Waals surface area contributed by atoms with Gasteiger partial charge in [-0.2, -0.15) is 5.10 Å². The van der Waals surface area contributed by atoms with Crippen LogP contribution in [0.4, 0.5) is 5.82 Å². The number of hydrogen-bond donors (Lipinski definition) is 3.